The van der Waals surface area contributed by atoms with Crippen LogP contribution >= 0.6 is 0 Å². The van der Waals surface area contributed by atoms with Crippen molar-refractivity contribution in [3.05, 3.63) is 0 Å². The maximum Gasteiger partial charge on any atom is 0.312 e. The van der Waals surface area contributed by atoms with Crippen LogP contribution in [0.2, 0.25) is 0 Å². The zero-order valence-corrected chi connectivity index (χ0v) is 21.3. The predicted molar refractivity (Wildman–Crippen MR) is 122 cm³/mol. The summed E-state index contributed by atoms with van der Waals surface area (Å²) in [7, 11) is 0. The molecule has 0 rings (SSSR count). The van der Waals surface area contributed by atoms with Crippen molar-refractivity contribution in [2.75, 3.05) is 19.8 Å². The van der Waals surface area contributed by atoms with Gasteiger partial charge in [-0.15, -0.1) is 0 Å². The first kappa shape index (κ1) is 31.3. The SMILES string of the molecule is CCCCOC(C)OC(=O)CC(CC(=O)OC(C)OCCCC)C(=O)OC(C)OCCCC. The fourth-order valence-corrected chi connectivity index (χ4v) is 2.65. The predicted octanol–water partition coefficient (Wildman–Crippen LogP) is 4.50. The Morgan fingerprint density at radius 3 is 1.24 bits per heavy atom. The van der Waals surface area contributed by atoms with Gasteiger partial charge < -0.3 is 28.4 Å². The minimum atomic E-state index is -1.08. The summed E-state index contributed by atoms with van der Waals surface area (Å²) < 4.78 is 32.0. The molecule has 0 aromatic heterocycles. The van der Waals surface area contributed by atoms with Gasteiger partial charge in [-0.05, 0) is 40.0 Å². The Hall–Kier alpha value is -1.71. The molecule has 0 radical (unpaired) electrons. The highest BCUT2D eigenvalue weighted by atomic mass is 16.7. The van der Waals surface area contributed by atoms with Crippen LogP contribution in [0.15, 0.2) is 0 Å². The zero-order valence-electron chi connectivity index (χ0n) is 21.3. The highest BCUT2D eigenvalue weighted by molar-refractivity contribution is 5.84. The van der Waals surface area contributed by atoms with E-state index in [4.69, 9.17) is 28.4 Å². The summed E-state index contributed by atoms with van der Waals surface area (Å²) in [6.07, 6.45) is 2.37. The van der Waals surface area contributed by atoms with Gasteiger partial charge in [0.05, 0.1) is 38.6 Å². The highest BCUT2D eigenvalue weighted by Crippen LogP contribution is 2.17. The minimum Gasteiger partial charge on any atom is -0.436 e. The van der Waals surface area contributed by atoms with Crippen LogP contribution in [-0.2, 0) is 42.8 Å². The van der Waals surface area contributed by atoms with Crippen molar-refractivity contribution < 1.29 is 42.8 Å². The Morgan fingerprint density at radius 1 is 0.576 bits per heavy atom. The topological polar surface area (TPSA) is 107 Å². The quantitative estimate of drug-likeness (QED) is 0.109. The summed E-state index contributed by atoms with van der Waals surface area (Å²) in [5, 5.41) is 0. The van der Waals surface area contributed by atoms with Crippen molar-refractivity contribution >= 4 is 17.9 Å². The molecule has 194 valence electrons. The van der Waals surface area contributed by atoms with Gasteiger partial charge in [0.15, 0.2) is 18.9 Å². The minimum absolute atomic E-state index is 0.345. The van der Waals surface area contributed by atoms with Crippen molar-refractivity contribution in [1.82, 2.24) is 0 Å². The first-order chi connectivity index (χ1) is 15.7. The molecule has 9 heteroatoms. The van der Waals surface area contributed by atoms with Crippen LogP contribution in [0.1, 0.15) is 92.9 Å². The number of hydrogen-bond donors (Lipinski definition) is 0. The van der Waals surface area contributed by atoms with Gasteiger partial charge in [-0.1, -0.05) is 40.0 Å². The van der Waals surface area contributed by atoms with E-state index in [0.29, 0.717) is 19.8 Å². The van der Waals surface area contributed by atoms with Crippen LogP contribution < -0.4 is 0 Å². The number of unbranched alkanes of at least 4 members (excludes halogenated alkanes) is 3. The Labute approximate surface area is 198 Å². The lowest BCUT2D eigenvalue weighted by atomic mass is 10.0. The third kappa shape index (κ3) is 17.4. The molecule has 0 aliphatic rings. The third-order valence-corrected chi connectivity index (χ3v) is 4.59. The second-order valence-corrected chi connectivity index (χ2v) is 7.90. The van der Waals surface area contributed by atoms with Crippen LogP contribution in [0.5, 0.6) is 0 Å². The molecular weight excluding hydrogens is 432 g/mol. The van der Waals surface area contributed by atoms with Gasteiger partial charge >= 0.3 is 17.9 Å². The molecule has 0 amide bonds. The molecule has 0 aliphatic heterocycles. The Bertz CT molecular complexity index is 506. The van der Waals surface area contributed by atoms with Crippen LogP contribution in [0.3, 0.4) is 0 Å². The molecule has 0 heterocycles. The van der Waals surface area contributed by atoms with Crippen molar-refractivity contribution in [3.63, 3.8) is 0 Å². The van der Waals surface area contributed by atoms with E-state index in [9.17, 15) is 14.4 Å². The van der Waals surface area contributed by atoms with Gasteiger partial charge in [-0.2, -0.15) is 0 Å². The fourth-order valence-electron chi connectivity index (χ4n) is 2.65. The molecule has 33 heavy (non-hydrogen) atoms. The Balaban J connectivity index is 4.90. The van der Waals surface area contributed by atoms with E-state index in [0.717, 1.165) is 38.5 Å². The second kappa shape index (κ2) is 19.7. The molecule has 3 unspecified atom stereocenters. The first-order valence-corrected chi connectivity index (χ1v) is 12.2. The molecule has 0 saturated heterocycles. The summed E-state index contributed by atoms with van der Waals surface area (Å²) >= 11 is 0. The van der Waals surface area contributed by atoms with Crippen molar-refractivity contribution in [2.24, 2.45) is 5.92 Å². The lowest BCUT2D eigenvalue weighted by molar-refractivity contribution is -0.190. The van der Waals surface area contributed by atoms with Crippen molar-refractivity contribution in [2.45, 2.75) is 112 Å². The monoisotopic (exact) mass is 476 g/mol. The summed E-state index contributed by atoms with van der Waals surface area (Å²) in [6.45, 7) is 12.2. The maximum atomic E-state index is 12.7. The standard InChI is InChI=1S/C24H44O9/c1-7-10-13-28-18(4)31-22(25)16-21(24(27)33-20(6)30-15-12-9-3)17-23(26)32-19(5)29-14-11-8-2/h18-21H,7-17H2,1-6H3. The molecule has 0 aromatic carbocycles. The van der Waals surface area contributed by atoms with E-state index in [1.54, 1.807) is 20.8 Å². The molecule has 3 atom stereocenters. The van der Waals surface area contributed by atoms with E-state index in [-0.39, 0.29) is 12.8 Å². The molecule has 0 saturated carbocycles. The van der Waals surface area contributed by atoms with Crippen molar-refractivity contribution in [3.8, 4) is 0 Å². The maximum absolute atomic E-state index is 12.7. The van der Waals surface area contributed by atoms with Crippen LogP contribution in [0, 0.1) is 5.92 Å². The number of carbonyl (C=O) groups excluding carboxylic acids is 3. The molecule has 0 N–H and O–H groups in total. The average molecular weight is 477 g/mol. The number of carbonyl (C=O) groups is 3. The Morgan fingerprint density at radius 2 is 0.909 bits per heavy atom. The van der Waals surface area contributed by atoms with Gasteiger partial charge in [0, 0.05) is 0 Å². The average Bonchev–Trinajstić information content (AvgIpc) is 2.73. The van der Waals surface area contributed by atoms with E-state index in [1.165, 1.54) is 0 Å². The second-order valence-electron chi connectivity index (χ2n) is 7.90. The number of hydrogen-bond acceptors (Lipinski definition) is 9. The summed E-state index contributed by atoms with van der Waals surface area (Å²) in [5.41, 5.74) is 0. The van der Waals surface area contributed by atoms with Gasteiger partial charge in [0.2, 0.25) is 0 Å². The van der Waals surface area contributed by atoms with Gasteiger partial charge in [-0.25, -0.2) is 0 Å². The van der Waals surface area contributed by atoms with E-state index in [1.807, 2.05) is 20.8 Å². The van der Waals surface area contributed by atoms with E-state index < -0.39 is 42.7 Å². The summed E-state index contributed by atoms with van der Waals surface area (Å²) in [5.74, 6) is -3.14. The number of rotatable bonds is 20. The van der Waals surface area contributed by atoms with Crippen molar-refractivity contribution in [1.29, 1.82) is 0 Å². The van der Waals surface area contributed by atoms with Crippen LogP contribution in [-0.4, -0.2) is 56.6 Å². The smallest absolute Gasteiger partial charge is 0.312 e. The molecule has 0 fully saturated rings. The molecule has 0 bridgehead atoms. The van der Waals surface area contributed by atoms with E-state index in [2.05, 4.69) is 0 Å². The number of ether oxygens (including phenoxy) is 6. The molecule has 0 aliphatic carbocycles. The van der Waals surface area contributed by atoms with Gasteiger partial charge in [0.1, 0.15) is 0 Å². The molecule has 0 spiro atoms. The largest absolute Gasteiger partial charge is 0.436 e. The summed E-state index contributed by atoms with van der Waals surface area (Å²) in [6, 6.07) is 0. The lowest BCUT2D eigenvalue weighted by Gasteiger charge is -2.21. The lowest BCUT2D eigenvalue weighted by Crippen LogP contribution is -2.31. The number of esters is 3. The molecular formula is C24H44O9. The van der Waals surface area contributed by atoms with E-state index >= 15 is 0 Å². The third-order valence-electron chi connectivity index (χ3n) is 4.59. The van der Waals surface area contributed by atoms with Crippen LogP contribution in [0.4, 0.5) is 0 Å². The first-order valence-electron chi connectivity index (χ1n) is 12.2. The Kier molecular flexibility index (Phi) is 18.7. The molecule has 0 aromatic rings. The van der Waals surface area contributed by atoms with Gasteiger partial charge in [-0.3, -0.25) is 14.4 Å². The van der Waals surface area contributed by atoms with Crippen LogP contribution in [0.25, 0.3) is 0 Å². The fraction of sp³-hybridized carbons (Fsp3) is 0.875. The summed E-state index contributed by atoms with van der Waals surface area (Å²) in [4.78, 5) is 37.4. The highest BCUT2D eigenvalue weighted by Gasteiger charge is 2.30. The molecule has 9 nitrogen and oxygen atoms in total. The van der Waals surface area contributed by atoms with Gasteiger partial charge in [0.25, 0.3) is 0 Å². The normalized spacial score (nSPS) is 14.7. The zero-order chi connectivity index (χ0) is 25.1.